The van der Waals surface area contributed by atoms with Crippen molar-refractivity contribution in [1.29, 1.82) is 0 Å². The highest BCUT2D eigenvalue weighted by Gasteiger charge is 2.26. The van der Waals surface area contributed by atoms with Crippen molar-refractivity contribution < 1.29 is 34.1 Å². The van der Waals surface area contributed by atoms with Gasteiger partial charge in [-0.05, 0) is 18.1 Å². The molecule has 124 valence electrons. The van der Waals surface area contributed by atoms with Crippen molar-refractivity contribution in [2.45, 2.75) is 19.9 Å². The lowest BCUT2D eigenvalue weighted by molar-refractivity contribution is -0.144. The highest BCUT2D eigenvalue weighted by atomic mass is 16.5. The predicted octanol–water partition coefficient (Wildman–Crippen LogP) is 0.405. The van der Waals surface area contributed by atoms with Crippen LogP contribution < -0.4 is 5.32 Å². The van der Waals surface area contributed by atoms with Gasteiger partial charge >= 0.3 is 17.9 Å². The lowest BCUT2D eigenvalue weighted by atomic mass is 10.0. The minimum Gasteiger partial charge on any atom is -0.477 e. The molecule has 0 radical (unpaired) electrons. The number of methoxy groups -OCH3 is 1. The van der Waals surface area contributed by atoms with Crippen molar-refractivity contribution >= 4 is 23.8 Å². The predicted molar refractivity (Wildman–Crippen MR) is 76.3 cm³/mol. The fraction of sp³-hybridized carbons (Fsp3) is 0.357. The van der Waals surface area contributed by atoms with Gasteiger partial charge in [0.05, 0.1) is 7.11 Å². The molecule has 0 fully saturated rings. The van der Waals surface area contributed by atoms with Crippen LogP contribution in [0, 0.1) is 5.92 Å². The third-order valence-electron chi connectivity index (χ3n) is 2.93. The molecule has 1 atom stereocenters. The van der Waals surface area contributed by atoms with Gasteiger partial charge < -0.3 is 20.3 Å². The Labute approximate surface area is 131 Å². The minimum absolute atomic E-state index is 0.232. The van der Waals surface area contributed by atoms with Crippen LogP contribution in [0.2, 0.25) is 0 Å². The van der Waals surface area contributed by atoms with Crippen LogP contribution in [0.3, 0.4) is 0 Å². The first kappa shape index (κ1) is 18.1. The summed E-state index contributed by atoms with van der Waals surface area (Å²) in [4.78, 5) is 49.2. The molecule has 1 amide bonds. The molecule has 3 N–H and O–H groups in total. The quantitative estimate of drug-likeness (QED) is 0.638. The van der Waals surface area contributed by atoms with Crippen molar-refractivity contribution in [2.24, 2.45) is 5.92 Å². The fourth-order valence-corrected chi connectivity index (χ4v) is 1.73. The van der Waals surface area contributed by atoms with Gasteiger partial charge in [0.15, 0.2) is 0 Å². The Morgan fingerprint density at radius 3 is 1.91 bits per heavy atom. The highest BCUT2D eigenvalue weighted by Crippen LogP contribution is 2.10. The van der Waals surface area contributed by atoms with Gasteiger partial charge in [0.2, 0.25) is 0 Å². The number of carbonyl (C=O) groups excluding carboxylic acids is 2. The first-order valence-electron chi connectivity index (χ1n) is 6.54. The molecule has 0 bridgehead atoms. The molecular formula is C14H16N2O7. The summed E-state index contributed by atoms with van der Waals surface area (Å²) in [5, 5.41) is 20.3. The third kappa shape index (κ3) is 4.50. The van der Waals surface area contributed by atoms with E-state index in [1.807, 2.05) is 0 Å². The Hall–Kier alpha value is -2.97. The number of nitrogens with one attached hydrogen (secondary N) is 1. The number of pyridine rings is 1. The number of nitrogens with zero attached hydrogens (tertiary/aromatic N) is 1. The van der Waals surface area contributed by atoms with E-state index in [0.717, 1.165) is 12.1 Å². The summed E-state index contributed by atoms with van der Waals surface area (Å²) >= 11 is 0. The van der Waals surface area contributed by atoms with E-state index in [0.29, 0.717) is 0 Å². The van der Waals surface area contributed by atoms with Gasteiger partial charge in [-0.2, -0.15) is 0 Å². The summed E-state index contributed by atoms with van der Waals surface area (Å²) in [5.41, 5.74) is -1.41. The van der Waals surface area contributed by atoms with E-state index in [4.69, 9.17) is 10.2 Å². The Balaban J connectivity index is 3.18. The Morgan fingerprint density at radius 1 is 1.09 bits per heavy atom. The molecule has 1 aromatic heterocycles. The van der Waals surface area contributed by atoms with Crippen LogP contribution >= 0.6 is 0 Å². The van der Waals surface area contributed by atoms with Crippen LogP contribution in [0.1, 0.15) is 45.2 Å². The second kappa shape index (κ2) is 7.34. The van der Waals surface area contributed by atoms with E-state index in [1.165, 1.54) is 7.11 Å². The summed E-state index contributed by atoms with van der Waals surface area (Å²) in [6.45, 7) is 3.36. The molecule has 1 unspecified atom stereocenters. The first-order valence-corrected chi connectivity index (χ1v) is 6.54. The summed E-state index contributed by atoms with van der Waals surface area (Å²) in [7, 11) is 1.17. The van der Waals surface area contributed by atoms with Crippen LogP contribution in [-0.4, -0.2) is 52.2 Å². The number of hydrogen-bond acceptors (Lipinski definition) is 6. The summed E-state index contributed by atoms with van der Waals surface area (Å²) in [6, 6.07) is 0.902. The number of carbonyl (C=O) groups is 4. The van der Waals surface area contributed by atoms with E-state index in [-0.39, 0.29) is 11.5 Å². The maximum atomic E-state index is 12.2. The van der Waals surface area contributed by atoms with Gasteiger partial charge in [0.25, 0.3) is 5.91 Å². The third-order valence-corrected chi connectivity index (χ3v) is 2.93. The first-order chi connectivity index (χ1) is 10.7. The van der Waals surface area contributed by atoms with E-state index < -0.39 is 41.2 Å². The lowest BCUT2D eigenvalue weighted by Crippen LogP contribution is -2.45. The van der Waals surface area contributed by atoms with Gasteiger partial charge in [-0.3, -0.25) is 4.79 Å². The van der Waals surface area contributed by atoms with Crippen molar-refractivity contribution in [1.82, 2.24) is 10.3 Å². The molecule has 0 saturated heterocycles. The molecule has 0 aliphatic rings. The lowest BCUT2D eigenvalue weighted by Gasteiger charge is -2.19. The molecule has 0 aliphatic heterocycles. The van der Waals surface area contributed by atoms with Gasteiger partial charge in [0.1, 0.15) is 17.4 Å². The summed E-state index contributed by atoms with van der Waals surface area (Å²) < 4.78 is 4.58. The number of carboxylic acid groups (broad SMARTS) is 2. The molecule has 1 aromatic rings. The normalized spacial score (nSPS) is 11.7. The molecule has 0 spiro atoms. The number of esters is 1. The van der Waals surface area contributed by atoms with Crippen molar-refractivity contribution in [3.05, 3.63) is 29.1 Å². The van der Waals surface area contributed by atoms with Crippen LogP contribution in [0.25, 0.3) is 0 Å². The van der Waals surface area contributed by atoms with E-state index in [1.54, 1.807) is 13.8 Å². The largest absolute Gasteiger partial charge is 0.477 e. The number of amides is 1. The number of carboxylic acids is 2. The Kier molecular flexibility index (Phi) is 5.77. The number of aromatic carboxylic acids is 2. The molecule has 0 aliphatic carbocycles. The number of ether oxygens (including phenoxy) is 1. The van der Waals surface area contributed by atoms with Crippen LogP contribution in [0.5, 0.6) is 0 Å². The van der Waals surface area contributed by atoms with E-state index in [2.05, 4.69) is 15.0 Å². The molecule has 0 saturated carbocycles. The molecular weight excluding hydrogens is 308 g/mol. The molecule has 23 heavy (non-hydrogen) atoms. The summed E-state index contributed by atoms with van der Waals surface area (Å²) in [5.74, 6) is -4.71. The zero-order valence-electron chi connectivity index (χ0n) is 12.7. The zero-order chi connectivity index (χ0) is 17.7. The second-order valence-electron chi connectivity index (χ2n) is 4.95. The molecule has 1 rings (SSSR count). The Morgan fingerprint density at radius 2 is 1.57 bits per heavy atom. The number of aromatic nitrogens is 1. The van der Waals surface area contributed by atoms with Gasteiger partial charge in [0, 0.05) is 5.56 Å². The molecule has 9 heteroatoms. The average Bonchev–Trinajstić information content (AvgIpc) is 2.50. The SMILES string of the molecule is COC(=O)C(NC(=O)c1cc(C(=O)O)nc(C(=O)O)c1)C(C)C. The topological polar surface area (TPSA) is 143 Å². The number of hydrogen-bond donors (Lipinski definition) is 3. The van der Waals surface area contributed by atoms with Gasteiger partial charge in [-0.25, -0.2) is 19.4 Å². The maximum absolute atomic E-state index is 12.2. The smallest absolute Gasteiger partial charge is 0.354 e. The Bertz CT molecular complexity index is 622. The maximum Gasteiger partial charge on any atom is 0.354 e. The summed E-state index contributed by atoms with van der Waals surface area (Å²) in [6.07, 6.45) is 0. The minimum atomic E-state index is -1.48. The van der Waals surface area contributed by atoms with Crippen LogP contribution in [0.4, 0.5) is 0 Å². The molecule has 9 nitrogen and oxygen atoms in total. The van der Waals surface area contributed by atoms with Crippen molar-refractivity contribution in [3.8, 4) is 0 Å². The average molecular weight is 324 g/mol. The second-order valence-corrected chi connectivity index (χ2v) is 4.95. The van der Waals surface area contributed by atoms with Crippen LogP contribution in [0.15, 0.2) is 12.1 Å². The standard InChI is InChI=1S/C14H16N2O7/c1-6(2)10(14(22)23-3)16-11(17)7-4-8(12(18)19)15-9(5-7)13(20)21/h4-6,10H,1-3H3,(H,16,17)(H,18,19)(H,20,21). The highest BCUT2D eigenvalue weighted by molar-refractivity contribution is 6.00. The van der Waals surface area contributed by atoms with E-state index >= 15 is 0 Å². The fourth-order valence-electron chi connectivity index (χ4n) is 1.73. The van der Waals surface area contributed by atoms with Crippen LogP contribution in [-0.2, 0) is 9.53 Å². The number of rotatable bonds is 6. The van der Waals surface area contributed by atoms with Gasteiger partial charge in [-0.1, -0.05) is 13.8 Å². The van der Waals surface area contributed by atoms with Crippen molar-refractivity contribution in [2.75, 3.05) is 7.11 Å². The van der Waals surface area contributed by atoms with Gasteiger partial charge in [-0.15, -0.1) is 0 Å². The molecule has 0 aromatic carbocycles. The molecule has 1 heterocycles. The zero-order valence-corrected chi connectivity index (χ0v) is 12.7. The van der Waals surface area contributed by atoms with E-state index in [9.17, 15) is 19.2 Å². The van der Waals surface area contributed by atoms with Crippen molar-refractivity contribution in [3.63, 3.8) is 0 Å². The monoisotopic (exact) mass is 324 g/mol.